The Hall–Kier alpha value is -3.74. The van der Waals surface area contributed by atoms with Crippen LogP contribution in [-0.4, -0.2) is 32.2 Å². The maximum Gasteiger partial charge on any atom is 0.253 e. The van der Waals surface area contributed by atoms with Gasteiger partial charge in [0.2, 0.25) is 0 Å². The van der Waals surface area contributed by atoms with Gasteiger partial charge in [0.15, 0.2) is 0 Å². The smallest absolute Gasteiger partial charge is 0.253 e. The van der Waals surface area contributed by atoms with Gasteiger partial charge in [-0.15, -0.1) is 0 Å². The molecule has 0 bridgehead atoms. The number of benzene rings is 2. The zero-order valence-electron chi connectivity index (χ0n) is 16.6. The van der Waals surface area contributed by atoms with E-state index in [0.717, 1.165) is 17.0 Å². The van der Waals surface area contributed by atoms with Gasteiger partial charge in [-0.1, -0.05) is 12.1 Å². The summed E-state index contributed by atoms with van der Waals surface area (Å²) in [5, 5.41) is 6.05. The highest BCUT2D eigenvalue weighted by atomic mass is 16.5. The van der Waals surface area contributed by atoms with E-state index in [9.17, 15) is 4.79 Å². The first-order valence-electron chi connectivity index (χ1n) is 8.99. The normalized spacial score (nSPS) is 10.2. The quantitative estimate of drug-likeness (QED) is 0.606. The average molecular weight is 393 g/mol. The fourth-order valence-electron chi connectivity index (χ4n) is 2.67. The van der Waals surface area contributed by atoms with Crippen molar-refractivity contribution in [2.45, 2.75) is 6.54 Å². The average Bonchev–Trinajstić information content (AvgIpc) is 2.78. The van der Waals surface area contributed by atoms with Crippen molar-refractivity contribution in [1.82, 2.24) is 10.3 Å². The van der Waals surface area contributed by atoms with Crippen LogP contribution in [0, 0.1) is 0 Å². The van der Waals surface area contributed by atoms with E-state index in [1.54, 1.807) is 39.5 Å². The lowest BCUT2D eigenvalue weighted by Crippen LogP contribution is -2.22. The van der Waals surface area contributed by atoms with Crippen LogP contribution in [0.1, 0.15) is 15.9 Å². The molecular weight excluding hydrogens is 370 g/mol. The second kappa shape index (κ2) is 9.45. The summed E-state index contributed by atoms with van der Waals surface area (Å²) in [6.07, 6.45) is 1.53. The first-order chi connectivity index (χ1) is 14.1. The van der Waals surface area contributed by atoms with Gasteiger partial charge in [0.25, 0.3) is 5.91 Å². The van der Waals surface area contributed by atoms with Gasteiger partial charge in [0.1, 0.15) is 23.1 Å². The number of hydrogen-bond donors (Lipinski definition) is 2. The molecule has 2 aromatic carbocycles. The molecule has 0 radical (unpaired) electrons. The Morgan fingerprint density at radius 2 is 1.62 bits per heavy atom. The van der Waals surface area contributed by atoms with E-state index in [4.69, 9.17) is 14.2 Å². The fourth-order valence-corrected chi connectivity index (χ4v) is 2.67. The van der Waals surface area contributed by atoms with E-state index in [2.05, 4.69) is 15.6 Å². The minimum atomic E-state index is -0.193. The topological polar surface area (TPSA) is 81.7 Å². The molecule has 0 atom stereocenters. The molecule has 0 unspecified atom stereocenters. The van der Waals surface area contributed by atoms with Gasteiger partial charge in [0, 0.05) is 18.8 Å². The monoisotopic (exact) mass is 393 g/mol. The molecule has 150 valence electrons. The fraction of sp³-hybridized carbons (Fsp3) is 0.182. The van der Waals surface area contributed by atoms with Crippen LogP contribution in [0.5, 0.6) is 17.2 Å². The molecule has 7 nitrogen and oxygen atoms in total. The van der Waals surface area contributed by atoms with Crippen molar-refractivity contribution >= 4 is 17.4 Å². The van der Waals surface area contributed by atoms with E-state index in [-0.39, 0.29) is 5.91 Å². The Balaban J connectivity index is 1.61. The van der Waals surface area contributed by atoms with Crippen molar-refractivity contribution < 1.29 is 19.0 Å². The van der Waals surface area contributed by atoms with E-state index in [0.29, 0.717) is 29.4 Å². The molecule has 7 heteroatoms. The number of anilines is 2. The molecular formula is C22H23N3O4. The largest absolute Gasteiger partial charge is 0.497 e. The van der Waals surface area contributed by atoms with Crippen molar-refractivity contribution in [3.05, 3.63) is 71.9 Å². The molecule has 1 heterocycles. The summed E-state index contributed by atoms with van der Waals surface area (Å²) in [7, 11) is 4.80. The Morgan fingerprint density at radius 3 is 2.24 bits per heavy atom. The standard InChI is InChI=1S/C22H23N3O4/c1-27-17-7-4-15(5-8-17)13-24-22(26)16-6-11-21(23-14-16)25-19-10-9-18(28-2)12-20(19)29-3/h4-12,14H,13H2,1-3H3,(H,23,25)(H,24,26). The summed E-state index contributed by atoms with van der Waals surface area (Å²) in [4.78, 5) is 16.7. The summed E-state index contributed by atoms with van der Waals surface area (Å²) in [5.74, 6) is 2.51. The minimum absolute atomic E-state index is 0.193. The zero-order chi connectivity index (χ0) is 20.6. The van der Waals surface area contributed by atoms with Crippen LogP contribution < -0.4 is 24.8 Å². The number of carbonyl (C=O) groups is 1. The molecule has 0 aliphatic heterocycles. The number of aromatic nitrogens is 1. The number of rotatable bonds is 8. The number of hydrogen-bond acceptors (Lipinski definition) is 6. The van der Waals surface area contributed by atoms with Crippen molar-refractivity contribution in [3.8, 4) is 17.2 Å². The summed E-state index contributed by atoms with van der Waals surface area (Å²) in [6.45, 7) is 0.422. The number of methoxy groups -OCH3 is 3. The Morgan fingerprint density at radius 1 is 0.897 bits per heavy atom. The van der Waals surface area contributed by atoms with Gasteiger partial charge < -0.3 is 24.8 Å². The van der Waals surface area contributed by atoms with Crippen molar-refractivity contribution in [1.29, 1.82) is 0 Å². The van der Waals surface area contributed by atoms with E-state index in [1.165, 1.54) is 6.20 Å². The second-order valence-corrected chi connectivity index (χ2v) is 6.15. The minimum Gasteiger partial charge on any atom is -0.497 e. The molecule has 2 N–H and O–H groups in total. The summed E-state index contributed by atoms with van der Waals surface area (Å²) < 4.78 is 15.7. The highest BCUT2D eigenvalue weighted by Gasteiger charge is 2.09. The number of ether oxygens (including phenoxy) is 3. The summed E-state index contributed by atoms with van der Waals surface area (Å²) in [5.41, 5.74) is 2.21. The zero-order valence-corrected chi connectivity index (χ0v) is 16.6. The highest BCUT2D eigenvalue weighted by Crippen LogP contribution is 2.30. The lowest BCUT2D eigenvalue weighted by atomic mass is 10.2. The molecule has 0 aliphatic rings. The summed E-state index contributed by atoms with van der Waals surface area (Å²) >= 11 is 0. The summed E-state index contributed by atoms with van der Waals surface area (Å²) in [6, 6.07) is 16.4. The maximum absolute atomic E-state index is 12.4. The van der Waals surface area contributed by atoms with Gasteiger partial charge >= 0.3 is 0 Å². The number of pyridine rings is 1. The molecule has 29 heavy (non-hydrogen) atoms. The van der Waals surface area contributed by atoms with Crippen LogP contribution >= 0.6 is 0 Å². The van der Waals surface area contributed by atoms with Gasteiger partial charge in [0.05, 0.1) is 32.6 Å². The second-order valence-electron chi connectivity index (χ2n) is 6.15. The van der Waals surface area contributed by atoms with Crippen molar-refractivity contribution in [3.63, 3.8) is 0 Å². The predicted molar refractivity (Wildman–Crippen MR) is 111 cm³/mol. The number of carbonyl (C=O) groups excluding carboxylic acids is 1. The number of nitrogens with one attached hydrogen (secondary N) is 2. The van der Waals surface area contributed by atoms with Gasteiger partial charge in [-0.2, -0.15) is 0 Å². The molecule has 0 saturated carbocycles. The van der Waals surface area contributed by atoms with Crippen LogP contribution in [0.3, 0.4) is 0 Å². The number of nitrogens with zero attached hydrogens (tertiary/aromatic N) is 1. The SMILES string of the molecule is COc1ccc(CNC(=O)c2ccc(Nc3ccc(OC)cc3OC)nc2)cc1. The lowest BCUT2D eigenvalue weighted by Gasteiger charge is -2.12. The predicted octanol–water partition coefficient (Wildman–Crippen LogP) is 3.78. The third-order valence-electron chi connectivity index (χ3n) is 4.31. The van der Waals surface area contributed by atoms with E-state index in [1.807, 2.05) is 36.4 Å². The van der Waals surface area contributed by atoms with Crippen LogP contribution in [0.15, 0.2) is 60.8 Å². The van der Waals surface area contributed by atoms with Crippen LogP contribution in [0.2, 0.25) is 0 Å². The van der Waals surface area contributed by atoms with E-state index < -0.39 is 0 Å². The Bertz CT molecular complexity index is 957. The van der Waals surface area contributed by atoms with Gasteiger partial charge in [-0.3, -0.25) is 4.79 Å². The molecule has 1 aromatic heterocycles. The molecule has 0 aliphatic carbocycles. The van der Waals surface area contributed by atoms with E-state index >= 15 is 0 Å². The van der Waals surface area contributed by atoms with Gasteiger partial charge in [-0.25, -0.2) is 4.98 Å². The van der Waals surface area contributed by atoms with Crippen LogP contribution in [-0.2, 0) is 6.54 Å². The first-order valence-corrected chi connectivity index (χ1v) is 8.99. The van der Waals surface area contributed by atoms with Crippen LogP contribution in [0.25, 0.3) is 0 Å². The third kappa shape index (κ3) is 5.16. The molecule has 3 rings (SSSR count). The molecule has 0 spiro atoms. The lowest BCUT2D eigenvalue weighted by molar-refractivity contribution is 0.0950. The first kappa shape index (κ1) is 20.0. The third-order valence-corrected chi connectivity index (χ3v) is 4.31. The number of amides is 1. The molecule has 0 saturated heterocycles. The van der Waals surface area contributed by atoms with Crippen LogP contribution in [0.4, 0.5) is 11.5 Å². The van der Waals surface area contributed by atoms with Gasteiger partial charge in [-0.05, 0) is 42.0 Å². The maximum atomic E-state index is 12.4. The molecule has 3 aromatic rings. The molecule has 0 fully saturated rings. The Labute approximate surface area is 169 Å². The molecule has 1 amide bonds. The highest BCUT2D eigenvalue weighted by molar-refractivity contribution is 5.94. The Kier molecular flexibility index (Phi) is 6.52. The van der Waals surface area contributed by atoms with Crippen molar-refractivity contribution in [2.75, 3.05) is 26.6 Å². The van der Waals surface area contributed by atoms with Crippen molar-refractivity contribution in [2.24, 2.45) is 0 Å².